The fourth-order valence-electron chi connectivity index (χ4n) is 1.78. The number of hydrogen-bond donors (Lipinski definition) is 3. The summed E-state index contributed by atoms with van der Waals surface area (Å²) in [7, 11) is 0. The minimum absolute atomic E-state index is 0.0747. The minimum Gasteiger partial charge on any atom is -0.491 e. The molecule has 4 N–H and O–H groups in total. The van der Waals surface area contributed by atoms with E-state index in [0.29, 0.717) is 6.61 Å². The van der Waals surface area contributed by atoms with Gasteiger partial charge in [0.2, 0.25) is 11.8 Å². The van der Waals surface area contributed by atoms with Gasteiger partial charge in [-0.15, -0.1) is 0 Å². The van der Waals surface area contributed by atoms with Crippen LogP contribution in [0.1, 0.15) is 11.6 Å². The molecule has 96 valence electrons. The standard InChI is InChI=1S/C12H15N3O3/c13-5-11(16)14-6-12(17)15-9-7-18-10-4-2-1-3-8(9)10/h1-4,9H,5-7,13H2,(H,14,16)(H,15,17). The highest BCUT2D eigenvalue weighted by Crippen LogP contribution is 2.31. The SMILES string of the molecule is NCC(=O)NCC(=O)NC1COc2ccccc21. The van der Waals surface area contributed by atoms with E-state index in [1.807, 2.05) is 24.3 Å². The maximum absolute atomic E-state index is 11.6. The molecule has 0 aliphatic carbocycles. The van der Waals surface area contributed by atoms with Gasteiger partial charge in [0.05, 0.1) is 19.1 Å². The lowest BCUT2D eigenvalue weighted by atomic mass is 10.1. The number of carbonyl (C=O) groups excluding carboxylic acids is 2. The molecule has 0 saturated heterocycles. The zero-order valence-electron chi connectivity index (χ0n) is 9.81. The van der Waals surface area contributed by atoms with Crippen molar-refractivity contribution in [1.29, 1.82) is 0 Å². The van der Waals surface area contributed by atoms with Gasteiger partial charge in [-0.1, -0.05) is 18.2 Å². The van der Waals surface area contributed by atoms with Crippen molar-refractivity contribution in [1.82, 2.24) is 10.6 Å². The van der Waals surface area contributed by atoms with Crippen LogP contribution in [0.3, 0.4) is 0 Å². The number of fused-ring (bicyclic) bond motifs is 1. The predicted octanol–water partition coefficient (Wildman–Crippen LogP) is -0.689. The van der Waals surface area contributed by atoms with Gasteiger partial charge in [-0.05, 0) is 6.07 Å². The molecule has 0 saturated carbocycles. The Morgan fingerprint density at radius 2 is 2.11 bits per heavy atom. The van der Waals surface area contributed by atoms with Crippen molar-refractivity contribution >= 4 is 11.8 Å². The number of nitrogens with one attached hydrogen (secondary N) is 2. The van der Waals surface area contributed by atoms with Gasteiger partial charge in [-0.3, -0.25) is 9.59 Å². The molecule has 0 bridgehead atoms. The summed E-state index contributed by atoms with van der Waals surface area (Å²) in [6, 6.07) is 7.38. The Bertz CT molecular complexity index is 462. The van der Waals surface area contributed by atoms with E-state index in [1.165, 1.54) is 0 Å². The van der Waals surface area contributed by atoms with Crippen LogP contribution >= 0.6 is 0 Å². The van der Waals surface area contributed by atoms with Crippen molar-refractivity contribution in [3.05, 3.63) is 29.8 Å². The molecular weight excluding hydrogens is 234 g/mol. The van der Waals surface area contributed by atoms with Crippen LogP contribution in [0.2, 0.25) is 0 Å². The highest BCUT2D eigenvalue weighted by atomic mass is 16.5. The predicted molar refractivity (Wildman–Crippen MR) is 64.9 cm³/mol. The monoisotopic (exact) mass is 249 g/mol. The number of nitrogens with two attached hydrogens (primary N) is 1. The largest absolute Gasteiger partial charge is 0.491 e. The van der Waals surface area contributed by atoms with Gasteiger partial charge in [-0.2, -0.15) is 0 Å². The highest BCUT2D eigenvalue weighted by molar-refractivity contribution is 5.85. The summed E-state index contributed by atoms with van der Waals surface area (Å²) in [5, 5.41) is 5.21. The molecule has 0 radical (unpaired) electrons. The van der Waals surface area contributed by atoms with Crippen molar-refractivity contribution in [3.63, 3.8) is 0 Å². The van der Waals surface area contributed by atoms with E-state index in [2.05, 4.69) is 10.6 Å². The highest BCUT2D eigenvalue weighted by Gasteiger charge is 2.24. The molecule has 6 heteroatoms. The zero-order valence-corrected chi connectivity index (χ0v) is 9.81. The van der Waals surface area contributed by atoms with Crippen molar-refractivity contribution in [2.75, 3.05) is 19.7 Å². The van der Waals surface area contributed by atoms with Gasteiger partial charge in [0, 0.05) is 5.56 Å². The molecule has 0 fully saturated rings. The van der Waals surface area contributed by atoms with Crippen molar-refractivity contribution in [3.8, 4) is 5.75 Å². The molecule has 1 aromatic carbocycles. The third-order valence-electron chi connectivity index (χ3n) is 2.67. The Morgan fingerprint density at radius 1 is 1.33 bits per heavy atom. The molecule has 2 amide bonds. The first-order chi connectivity index (χ1) is 8.70. The number of benzene rings is 1. The number of hydrogen-bond acceptors (Lipinski definition) is 4. The Morgan fingerprint density at radius 3 is 2.89 bits per heavy atom. The van der Waals surface area contributed by atoms with Crippen LogP contribution in [0.15, 0.2) is 24.3 Å². The van der Waals surface area contributed by atoms with Gasteiger partial charge < -0.3 is 21.1 Å². The Balaban J connectivity index is 1.88. The maximum atomic E-state index is 11.6. The van der Waals surface area contributed by atoms with Crippen LogP contribution in [0.4, 0.5) is 0 Å². The van der Waals surface area contributed by atoms with Crippen molar-refractivity contribution in [2.45, 2.75) is 6.04 Å². The first kappa shape index (κ1) is 12.4. The summed E-state index contributed by atoms with van der Waals surface area (Å²) in [5.74, 6) is 0.170. The first-order valence-electron chi connectivity index (χ1n) is 5.68. The third-order valence-corrected chi connectivity index (χ3v) is 2.67. The fourth-order valence-corrected chi connectivity index (χ4v) is 1.78. The lowest BCUT2D eigenvalue weighted by Crippen LogP contribution is -2.41. The molecule has 1 heterocycles. The number of ether oxygens (including phenoxy) is 1. The number of rotatable bonds is 4. The summed E-state index contributed by atoms with van der Waals surface area (Å²) in [6.45, 7) is 0.216. The Labute approximate surface area is 104 Å². The molecule has 6 nitrogen and oxygen atoms in total. The van der Waals surface area contributed by atoms with E-state index in [4.69, 9.17) is 10.5 Å². The summed E-state index contributed by atoms with van der Waals surface area (Å²) in [5.41, 5.74) is 6.08. The van der Waals surface area contributed by atoms with Crippen LogP contribution in [0.5, 0.6) is 5.75 Å². The van der Waals surface area contributed by atoms with E-state index in [0.717, 1.165) is 11.3 Å². The van der Waals surface area contributed by atoms with E-state index in [-0.39, 0.29) is 30.9 Å². The molecule has 0 aromatic heterocycles. The first-order valence-corrected chi connectivity index (χ1v) is 5.68. The lowest BCUT2D eigenvalue weighted by molar-refractivity contribution is -0.125. The zero-order chi connectivity index (χ0) is 13.0. The number of amides is 2. The molecule has 1 aromatic rings. The van der Waals surface area contributed by atoms with Gasteiger partial charge in [0.15, 0.2) is 0 Å². The minimum atomic E-state index is -0.353. The molecular formula is C12H15N3O3. The Kier molecular flexibility index (Phi) is 3.78. The molecule has 1 aliphatic heterocycles. The number of para-hydroxylation sites is 1. The van der Waals surface area contributed by atoms with Crippen LogP contribution in [-0.4, -0.2) is 31.5 Å². The van der Waals surface area contributed by atoms with Gasteiger partial charge >= 0.3 is 0 Å². The van der Waals surface area contributed by atoms with E-state index in [1.54, 1.807) is 0 Å². The van der Waals surface area contributed by atoms with Crippen LogP contribution in [0.25, 0.3) is 0 Å². The second kappa shape index (κ2) is 5.50. The lowest BCUT2D eigenvalue weighted by Gasteiger charge is -2.11. The van der Waals surface area contributed by atoms with E-state index >= 15 is 0 Å². The summed E-state index contributed by atoms with van der Waals surface area (Å²) >= 11 is 0. The summed E-state index contributed by atoms with van der Waals surface area (Å²) in [6.07, 6.45) is 0. The summed E-state index contributed by atoms with van der Waals surface area (Å²) in [4.78, 5) is 22.5. The van der Waals surface area contributed by atoms with Gasteiger partial charge in [-0.25, -0.2) is 0 Å². The molecule has 1 atom stereocenters. The fraction of sp³-hybridized carbons (Fsp3) is 0.333. The molecule has 2 rings (SSSR count). The van der Waals surface area contributed by atoms with Gasteiger partial charge in [0.1, 0.15) is 12.4 Å². The molecule has 0 spiro atoms. The normalized spacial score (nSPS) is 16.6. The molecule has 1 aliphatic rings. The average Bonchev–Trinajstić information content (AvgIpc) is 2.79. The quantitative estimate of drug-likeness (QED) is 0.658. The van der Waals surface area contributed by atoms with Crippen LogP contribution < -0.4 is 21.1 Å². The van der Waals surface area contributed by atoms with Crippen molar-refractivity contribution in [2.24, 2.45) is 5.73 Å². The average molecular weight is 249 g/mol. The maximum Gasteiger partial charge on any atom is 0.240 e. The smallest absolute Gasteiger partial charge is 0.240 e. The summed E-state index contributed by atoms with van der Waals surface area (Å²) < 4.78 is 5.44. The van der Waals surface area contributed by atoms with Crippen molar-refractivity contribution < 1.29 is 14.3 Å². The third kappa shape index (κ3) is 2.78. The second-order valence-electron chi connectivity index (χ2n) is 3.95. The second-order valence-corrected chi connectivity index (χ2v) is 3.95. The van der Waals surface area contributed by atoms with Crippen LogP contribution in [0, 0.1) is 0 Å². The van der Waals surface area contributed by atoms with Crippen LogP contribution in [-0.2, 0) is 9.59 Å². The van der Waals surface area contributed by atoms with Gasteiger partial charge in [0.25, 0.3) is 0 Å². The van der Waals surface area contributed by atoms with E-state index < -0.39 is 0 Å². The number of carbonyl (C=O) groups is 2. The Hall–Kier alpha value is -2.08. The molecule has 18 heavy (non-hydrogen) atoms. The topological polar surface area (TPSA) is 93.5 Å². The van der Waals surface area contributed by atoms with E-state index in [9.17, 15) is 9.59 Å². The molecule has 1 unspecified atom stereocenters.